The Kier molecular flexibility index (Phi) is 6.92. The van der Waals surface area contributed by atoms with Crippen molar-refractivity contribution in [1.82, 2.24) is 10.3 Å². The maximum Gasteiger partial charge on any atom is 0.226 e. The molecule has 6 nitrogen and oxygen atoms in total. The Bertz CT molecular complexity index is 757. The Morgan fingerprint density at radius 3 is 2.78 bits per heavy atom. The summed E-state index contributed by atoms with van der Waals surface area (Å²) >= 11 is 1.47. The molecule has 3 rings (SSSR count). The van der Waals surface area contributed by atoms with Gasteiger partial charge in [0.05, 0.1) is 32.0 Å². The zero-order chi connectivity index (χ0) is 19.1. The van der Waals surface area contributed by atoms with Gasteiger partial charge in [0.2, 0.25) is 5.91 Å². The van der Waals surface area contributed by atoms with E-state index in [1.54, 1.807) is 14.2 Å². The van der Waals surface area contributed by atoms with E-state index >= 15 is 0 Å². The molecule has 0 aliphatic heterocycles. The van der Waals surface area contributed by atoms with Crippen LogP contribution >= 0.6 is 11.3 Å². The van der Waals surface area contributed by atoms with E-state index in [4.69, 9.17) is 9.47 Å². The normalized spacial score (nSPS) is 14.6. The molecule has 2 N–H and O–H groups in total. The molecule has 0 spiro atoms. The summed E-state index contributed by atoms with van der Waals surface area (Å²) in [4.78, 5) is 16.7. The van der Waals surface area contributed by atoms with Crippen molar-refractivity contribution in [3.8, 4) is 11.5 Å². The van der Waals surface area contributed by atoms with Crippen LogP contribution in [0.2, 0.25) is 0 Å². The van der Waals surface area contributed by atoms with E-state index in [-0.39, 0.29) is 5.91 Å². The molecule has 1 aromatic carbocycles. The minimum absolute atomic E-state index is 0.0383. The van der Waals surface area contributed by atoms with Crippen LogP contribution in [-0.4, -0.2) is 31.7 Å². The predicted molar refractivity (Wildman–Crippen MR) is 108 cm³/mol. The fraction of sp³-hybridized carbons (Fsp3) is 0.500. The summed E-state index contributed by atoms with van der Waals surface area (Å²) in [5, 5.41) is 8.94. The zero-order valence-electron chi connectivity index (χ0n) is 15.9. The summed E-state index contributed by atoms with van der Waals surface area (Å²) in [7, 11) is 3.25. The highest BCUT2D eigenvalue weighted by atomic mass is 32.1. The summed E-state index contributed by atoms with van der Waals surface area (Å²) in [5.41, 5.74) is 1.55. The van der Waals surface area contributed by atoms with Crippen LogP contribution in [0.5, 0.6) is 11.5 Å². The van der Waals surface area contributed by atoms with E-state index in [1.807, 2.05) is 23.6 Å². The van der Waals surface area contributed by atoms with Crippen molar-refractivity contribution in [3.63, 3.8) is 0 Å². The average molecular weight is 390 g/mol. The highest BCUT2D eigenvalue weighted by molar-refractivity contribution is 7.13. The number of carbonyl (C=O) groups is 1. The standard InChI is InChI=1S/C20H27N3O3S/c1-25-16-8-9-18(26-2)17(11-16)23-20-22-15(13-27-20)10-19(24)21-12-14-6-4-3-5-7-14/h8-9,11,13-14H,3-7,10,12H2,1-2H3,(H,21,24)(H,22,23). The highest BCUT2D eigenvalue weighted by Crippen LogP contribution is 2.32. The number of rotatable bonds is 8. The Labute approximate surface area is 164 Å². The number of amides is 1. The van der Waals surface area contributed by atoms with Crippen molar-refractivity contribution >= 4 is 28.1 Å². The predicted octanol–water partition coefficient (Wildman–Crippen LogP) is 4.14. The zero-order valence-corrected chi connectivity index (χ0v) is 16.7. The first kappa shape index (κ1) is 19.5. The van der Waals surface area contributed by atoms with Gasteiger partial charge in [-0.2, -0.15) is 0 Å². The van der Waals surface area contributed by atoms with Crippen molar-refractivity contribution < 1.29 is 14.3 Å². The number of nitrogens with one attached hydrogen (secondary N) is 2. The third-order valence-corrected chi connectivity index (χ3v) is 5.66. The topological polar surface area (TPSA) is 72.5 Å². The molecule has 1 amide bonds. The molecule has 7 heteroatoms. The van der Waals surface area contributed by atoms with Crippen molar-refractivity contribution in [1.29, 1.82) is 0 Å². The number of thiazole rings is 1. The van der Waals surface area contributed by atoms with Gasteiger partial charge in [-0.1, -0.05) is 19.3 Å². The minimum Gasteiger partial charge on any atom is -0.497 e. The molecule has 146 valence electrons. The maximum absolute atomic E-state index is 12.2. The van der Waals surface area contributed by atoms with E-state index < -0.39 is 0 Å². The molecule has 1 heterocycles. The second-order valence-corrected chi connectivity index (χ2v) is 7.68. The number of ether oxygens (including phenoxy) is 2. The Hall–Kier alpha value is -2.28. The van der Waals surface area contributed by atoms with E-state index in [2.05, 4.69) is 15.6 Å². The number of aromatic nitrogens is 1. The number of methoxy groups -OCH3 is 2. The molecule has 27 heavy (non-hydrogen) atoms. The first-order chi connectivity index (χ1) is 13.2. The molecule has 0 atom stereocenters. The van der Waals surface area contributed by atoms with E-state index in [0.29, 0.717) is 18.1 Å². The fourth-order valence-electron chi connectivity index (χ4n) is 3.35. The van der Waals surface area contributed by atoms with Crippen molar-refractivity contribution in [3.05, 3.63) is 29.3 Å². The number of anilines is 2. The van der Waals surface area contributed by atoms with Gasteiger partial charge in [0.25, 0.3) is 0 Å². The monoisotopic (exact) mass is 389 g/mol. The Balaban J connectivity index is 1.54. The molecule has 0 unspecified atom stereocenters. The molecule has 2 aromatic rings. The smallest absolute Gasteiger partial charge is 0.226 e. The molecule has 0 radical (unpaired) electrons. The quantitative estimate of drug-likeness (QED) is 0.710. The third kappa shape index (κ3) is 5.60. The lowest BCUT2D eigenvalue weighted by Crippen LogP contribution is -2.31. The van der Waals surface area contributed by atoms with Crippen LogP contribution in [0.4, 0.5) is 10.8 Å². The SMILES string of the molecule is COc1ccc(OC)c(Nc2nc(CC(=O)NCC3CCCCC3)cs2)c1. The number of nitrogens with zero attached hydrogens (tertiary/aromatic N) is 1. The molecule has 1 aliphatic rings. The number of carbonyl (C=O) groups excluding carboxylic acids is 1. The van der Waals surface area contributed by atoms with Gasteiger partial charge >= 0.3 is 0 Å². The van der Waals surface area contributed by atoms with Crippen LogP contribution in [0.3, 0.4) is 0 Å². The minimum atomic E-state index is 0.0383. The Morgan fingerprint density at radius 1 is 1.22 bits per heavy atom. The van der Waals surface area contributed by atoms with Gasteiger partial charge in [-0.15, -0.1) is 11.3 Å². The first-order valence-corrected chi connectivity index (χ1v) is 10.3. The number of benzene rings is 1. The van der Waals surface area contributed by atoms with Gasteiger partial charge in [0, 0.05) is 18.0 Å². The number of hydrogen-bond acceptors (Lipinski definition) is 6. The second-order valence-electron chi connectivity index (χ2n) is 6.82. The molecule has 0 saturated heterocycles. The average Bonchev–Trinajstić information content (AvgIpc) is 3.13. The van der Waals surface area contributed by atoms with Crippen LogP contribution in [0.1, 0.15) is 37.8 Å². The highest BCUT2D eigenvalue weighted by Gasteiger charge is 2.15. The lowest BCUT2D eigenvalue weighted by Gasteiger charge is -2.21. The van der Waals surface area contributed by atoms with Crippen LogP contribution < -0.4 is 20.1 Å². The third-order valence-electron chi connectivity index (χ3n) is 4.85. The molecular formula is C20H27N3O3S. The van der Waals surface area contributed by atoms with Gasteiger partial charge in [-0.25, -0.2) is 4.98 Å². The van der Waals surface area contributed by atoms with Gasteiger partial charge in [-0.3, -0.25) is 4.79 Å². The summed E-state index contributed by atoms with van der Waals surface area (Å²) in [6.45, 7) is 0.787. The lowest BCUT2D eigenvalue weighted by molar-refractivity contribution is -0.120. The van der Waals surface area contributed by atoms with Crippen molar-refractivity contribution in [2.24, 2.45) is 5.92 Å². The van der Waals surface area contributed by atoms with E-state index in [9.17, 15) is 4.79 Å². The molecule has 0 bridgehead atoms. The van der Waals surface area contributed by atoms with Gasteiger partial charge in [0.1, 0.15) is 11.5 Å². The summed E-state index contributed by atoms with van der Waals surface area (Å²) in [5.74, 6) is 2.11. The van der Waals surface area contributed by atoms with Gasteiger partial charge < -0.3 is 20.1 Å². The molecule has 1 aliphatic carbocycles. The van der Waals surface area contributed by atoms with Gasteiger partial charge in [-0.05, 0) is 30.9 Å². The van der Waals surface area contributed by atoms with Gasteiger partial charge in [0.15, 0.2) is 5.13 Å². The molecular weight excluding hydrogens is 362 g/mol. The first-order valence-electron chi connectivity index (χ1n) is 9.38. The molecule has 1 saturated carbocycles. The molecule has 1 aromatic heterocycles. The summed E-state index contributed by atoms with van der Waals surface area (Å²) in [6, 6.07) is 5.54. The Morgan fingerprint density at radius 2 is 2.04 bits per heavy atom. The van der Waals surface area contributed by atoms with Crippen LogP contribution in [-0.2, 0) is 11.2 Å². The van der Waals surface area contributed by atoms with E-state index in [0.717, 1.165) is 28.8 Å². The number of hydrogen-bond donors (Lipinski definition) is 2. The lowest BCUT2D eigenvalue weighted by atomic mass is 9.89. The maximum atomic E-state index is 12.2. The summed E-state index contributed by atoms with van der Waals surface area (Å²) < 4.78 is 10.6. The fourth-order valence-corrected chi connectivity index (χ4v) is 4.07. The van der Waals surface area contributed by atoms with Crippen molar-refractivity contribution in [2.45, 2.75) is 38.5 Å². The molecule has 1 fully saturated rings. The van der Waals surface area contributed by atoms with Crippen molar-refractivity contribution in [2.75, 3.05) is 26.1 Å². The second kappa shape index (κ2) is 9.60. The van der Waals surface area contributed by atoms with E-state index in [1.165, 1.54) is 43.4 Å². The van der Waals surface area contributed by atoms with Crippen LogP contribution in [0, 0.1) is 5.92 Å². The summed E-state index contributed by atoms with van der Waals surface area (Å²) in [6.07, 6.45) is 6.67. The largest absolute Gasteiger partial charge is 0.497 e. The van der Waals surface area contributed by atoms with Crippen LogP contribution in [0.25, 0.3) is 0 Å². The van der Waals surface area contributed by atoms with Crippen LogP contribution in [0.15, 0.2) is 23.6 Å².